The van der Waals surface area contributed by atoms with Crippen LogP contribution in [0.4, 0.5) is 0 Å². The molecule has 1 amide bonds. The molecule has 0 aliphatic heterocycles. The number of aromatic nitrogens is 1. The van der Waals surface area contributed by atoms with Crippen molar-refractivity contribution in [2.45, 2.75) is 26.4 Å². The Labute approximate surface area is 163 Å². The number of benzene rings is 2. The van der Waals surface area contributed by atoms with E-state index in [0.717, 1.165) is 22.0 Å². The van der Waals surface area contributed by atoms with Crippen molar-refractivity contribution >= 4 is 34.5 Å². The lowest BCUT2D eigenvalue weighted by Gasteiger charge is -2.06. The van der Waals surface area contributed by atoms with Crippen molar-refractivity contribution in [3.05, 3.63) is 76.5 Å². The van der Waals surface area contributed by atoms with Crippen LogP contribution >= 0.6 is 11.6 Å². The fourth-order valence-electron chi connectivity index (χ4n) is 2.95. The van der Waals surface area contributed by atoms with E-state index in [1.807, 2.05) is 74.6 Å². The largest absolute Gasteiger partial charge is 0.349 e. The second-order valence-corrected chi connectivity index (χ2v) is 7.09. The van der Waals surface area contributed by atoms with Crippen LogP contribution in [-0.4, -0.2) is 16.5 Å². The number of para-hydroxylation sites is 1. The third-order valence-corrected chi connectivity index (χ3v) is 4.42. The maximum atomic E-state index is 12.2. The molecule has 0 unspecified atom stereocenters. The number of amides is 1. The molecular weight excluding hydrogens is 358 g/mol. The Hall–Kier alpha value is -3.03. The molecule has 3 aromatic rings. The number of nitrogens with zero attached hydrogens (tertiary/aromatic N) is 2. The lowest BCUT2D eigenvalue weighted by Crippen LogP contribution is -2.30. The number of hydrogen-bond donors (Lipinski definition) is 1. The van der Waals surface area contributed by atoms with E-state index in [2.05, 4.69) is 9.88 Å². The van der Waals surface area contributed by atoms with Gasteiger partial charge >= 0.3 is 0 Å². The minimum atomic E-state index is -0.359. The molecule has 1 aromatic heterocycles. The summed E-state index contributed by atoms with van der Waals surface area (Å²) in [6, 6.07) is 17.7. The van der Waals surface area contributed by atoms with Gasteiger partial charge in [-0.3, -0.25) is 4.79 Å². The van der Waals surface area contributed by atoms with Crippen molar-refractivity contribution in [2.24, 2.45) is 0 Å². The highest BCUT2D eigenvalue weighted by molar-refractivity contribution is 6.30. The molecule has 1 N–H and O–H groups in total. The van der Waals surface area contributed by atoms with E-state index in [1.54, 1.807) is 6.08 Å². The summed E-state index contributed by atoms with van der Waals surface area (Å²) in [5, 5.41) is 13.9. The van der Waals surface area contributed by atoms with Gasteiger partial charge in [0.05, 0.1) is 0 Å². The number of halogens is 1. The van der Waals surface area contributed by atoms with E-state index in [-0.39, 0.29) is 17.5 Å². The molecular formula is C22H20ClN3O. The zero-order valence-corrected chi connectivity index (χ0v) is 16.0. The van der Waals surface area contributed by atoms with E-state index in [4.69, 9.17) is 11.6 Å². The average Bonchev–Trinajstić information content (AvgIpc) is 2.98. The smallest absolute Gasteiger partial charge is 0.262 e. The zero-order valence-electron chi connectivity index (χ0n) is 15.2. The number of fused-ring (bicyclic) bond motifs is 1. The molecule has 27 heavy (non-hydrogen) atoms. The van der Waals surface area contributed by atoms with Gasteiger partial charge in [0.25, 0.3) is 5.91 Å². The van der Waals surface area contributed by atoms with E-state index < -0.39 is 0 Å². The average molecular weight is 378 g/mol. The Bertz CT molecular complexity index is 1040. The SMILES string of the molecule is CC(C)NC(=O)/C(C#N)=C\c1cn(Cc2ccc(Cl)cc2)c2ccccc12. The number of rotatable bonds is 5. The Morgan fingerprint density at radius 3 is 2.59 bits per heavy atom. The van der Waals surface area contributed by atoms with Crippen LogP contribution in [0.1, 0.15) is 25.0 Å². The Kier molecular flexibility index (Phi) is 5.63. The van der Waals surface area contributed by atoms with Crippen LogP contribution in [0.15, 0.2) is 60.3 Å². The normalized spacial score (nSPS) is 11.6. The van der Waals surface area contributed by atoms with Gasteiger partial charge in [-0.2, -0.15) is 5.26 Å². The predicted octanol–water partition coefficient (Wildman–Crippen LogP) is 4.77. The molecule has 0 radical (unpaired) electrons. The maximum Gasteiger partial charge on any atom is 0.262 e. The molecule has 0 atom stereocenters. The second-order valence-electron chi connectivity index (χ2n) is 6.65. The first kappa shape index (κ1) is 18.8. The van der Waals surface area contributed by atoms with Crippen molar-refractivity contribution in [3.63, 3.8) is 0 Å². The summed E-state index contributed by atoms with van der Waals surface area (Å²) in [5.41, 5.74) is 3.10. The van der Waals surface area contributed by atoms with Gasteiger partial charge in [0.2, 0.25) is 0 Å². The van der Waals surface area contributed by atoms with E-state index in [9.17, 15) is 10.1 Å². The second kappa shape index (κ2) is 8.11. The van der Waals surface area contributed by atoms with Gasteiger partial charge in [-0.1, -0.05) is 41.9 Å². The lowest BCUT2D eigenvalue weighted by molar-refractivity contribution is -0.117. The number of nitrogens with one attached hydrogen (secondary N) is 1. The first-order chi connectivity index (χ1) is 13.0. The van der Waals surface area contributed by atoms with Gasteiger partial charge in [0.15, 0.2) is 0 Å². The van der Waals surface area contributed by atoms with Gasteiger partial charge in [0.1, 0.15) is 11.6 Å². The highest BCUT2D eigenvalue weighted by Crippen LogP contribution is 2.25. The number of carbonyl (C=O) groups is 1. The molecule has 0 saturated carbocycles. The monoisotopic (exact) mass is 377 g/mol. The molecule has 0 spiro atoms. The predicted molar refractivity (Wildman–Crippen MR) is 109 cm³/mol. The maximum absolute atomic E-state index is 12.2. The van der Waals surface area contributed by atoms with Crippen molar-refractivity contribution in [1.82, 2.24) is 9.88 Å². The van der Waals surface area contributed by atoms with Crippen LogP contribution in [-0.2, 0) is 11.3 Å². The van der Waals surface area contributed by atoms with E-state index in [0.29, 0.717) is 11.6 Å². The van der Waals surface area contributed by atoms with Gasteiger partial charge in [0, 0.05) is 40.3 Å². The standard InChI is InChI=1S/C22H20ClN3O/c1-15(2)25-22(27)17(12-24)11-18-14-26(21-6-4-3-5-20(18)21)13-16-7-9-19(23)10-8-16/h3-11,14-15H,13H2,1-2H3,(H,25,27)/b17-11-. The van der Waals surface area contributed by atoms with Gasteiger partial charge in [-0.05, 0) is 43.7 Å². The number of hydrogen-bond acceptors (Lipinski definition) is 2. The quantitative estimate of drug-likeness (QED) is 0.514. The summed E-state index contributed by atoms with van der Waals surface area (Å²) < 4.78 is 2.11. The van der Waals surface area contributed by atoms with Crippen molar-refractivity contribution < 1.29 is 4.79 Å². The zero-order chi connectivity index (χ0) is 19.4. The first-order valence-corrected chi connectivity index (χ1v) is 9.10. The Balaban J connectivity index is 2.01. The van der Waals surface area contributed by atoms with Crippen LogP contribution in [0.5, 0.6) is 0 Å². The molecule has 0 saturated heterocycles. The summed E-state index contributed by atoms with van der Waals surface area (Å²) in [6.07, 6.45) is 3.62. The van der Waals surface area contributed by atoms with Crippen molar-refractivity contribution in [3.8, 4) is 6.07 Å². The van der Waals surface area contributed by atoms with Crippen LogP contribution in [0.25, 0.3) is 17.0 Å². The van der Waals surface area contributed by atoms with Gasteiger partial charge in [-0.15, -0.1) is 0 Å². The lowest BCUT2D eigenvalue weighted by atomic mass is 10.1. The number of carbonyl (C=O) groups excluding carboxylic acids is 1. The van der Waals surface area contributed by atoms with Crippen LogP contribution < -0.4 is 5.32 Å². The highest BCUT2D eigenvalue weighted by Gasteiger charge is 2.13. The molecule has 5 heteroatoms. The highest BCUT2D eigenvalue weighted by atomic mass is 35.5. The third-order valence-electron chi connectivity index (χ3n) is 4.17. The van der Waals surface area contributed by atoms with E-state index >= 15 is 0 Å². The molecule has 2 aromatic carbocycles. The third kappa shape index (κ3) is 4.39. The molecule has 3 rings (SSSR count). The minimum absolute atomic E-state index is 0.0273. The molecule has 0 bridgehead atoms. The molecule has 136 valence electrons. The Morgan fingerprint density at radius 1 is 1.22 bits per heavy atom. The molecule has 0 fully saturated rings. The summed E-state index contributed by atoms with van der Waals surface area (Å²) in [4.78, 5) is 12.2. The fourth-order valence-corrected chi connectivity index (χ4v) is 3.08. The minimum Gasteiger partial charge on any atom is -0.349 e. The summed E-state index contributed by atoms with van der Waals surface area (Å²) >= 11 is 5.97. The van der Waals surface area contributed by atoms with E-state index in [1.165, 1.54) is 0 Å². The summed E-state index contributed by atoms with van der Waals surface area (Å²) in [6.45, 7) is 4.40. The van der Waals surface area contributed by atoms with Crippen LogP contribution in [0, 0.1) is 11.3 Å². The van der Waals surface area contributed by atoms with Gasteiger partial charge < -0.3 is 9.88 Å². The Morgan fingerprint density at radius 2 is 1.93 bits per heavy atom. The van der Waals surface area contributed by atoms with Crippen molar-refractivity contribution in [1.29, 1.82) is 5.26 Å². The van der Waals surface area contributed by atoms with Crippen LogP contribution in [0.3, 0.4) is 0 Å². The number of nitriles is 1. The molecule has 0 aliphatic rings. The first-order valence-electron chi connectivity index (χ1n) is 8.73. The topological polar surface area (TPSA) is 57.8 Å². The molecule has 4 nitrogen and oxygen atoms in total. The van der Waals surface area contributed by atoms with Crippen molar-refractivity contribution in [2.75, 3.05) is 0 Å². The molecule has 1 heterocycles. The fraction of sp³-hybridized carbons (Fsp3) is 0.182. The van der Waals surface area contributed by atoms with Crippen LogP contribution in [0.2, 0.25) is 5.02 Å². The molecule has 0 aliphatic carbocycles. The summed E-state index contributed by atoms with van der Waals surface area (Å²) in [5.74, 6) is -0.359. The summed E-state index contributed by atoms with van der Waals surface area (Å²) in [7, 11) is 0. The van der Waals surface area contributed by atoms with Gasteiger partial charge in [-0.25, -0.2) is 0 Å².